The van der Waals surface area contributed by atoms with E-state index in [0.717, 1.165) is 5.56 Å². The van der Waals surface area contributed by atoms with Crippen LogP contribution in [0.5, 0.6) is 5.88 Å². The molecule has 0 saturated heterocycles. The number of amides is 1. The Bertz CT molecular complexity index is 1000. The third kappa shape index (κ3) is 6.48. The SMILES string of the molecule is C[C@H](O)C#Cc1cnc2c(c1)C(=O)N([C@H](C)CO)C[C@H](C)[C@H](CN(C)Cc1cncnc1)O2. The van der Waals surface area contributed by atoms with Crippen LogP contribution in [0.1, 0.15) is 42.3 Å². The van der Waals surface area contributed by atoms with Gasteiger partial charge in [-0.2, -0.15) is 0 Å². The number of aromatic nitrogens is 3. The predicted molar refractivity (Wildman–Crippen MR) is 122 cm³/mol. The minimum atomic E-state index is -0.791. The monoisotopic (exact) mass is 453 g/mol. The van der Waals surface area contributed by atoms with Crippen molar-refractivity contribution in [3.63, 3.8) is 0 Å². The van der Waals surface area contributed by atoms with E-state index in [1.54, 1.807) is 30.3 Å². The summed E-state index contributed by atoms with van der Waals surface area (Å²) in [6, 6.07) is 1.27. The zero-order chi connectivity index (χ0) is 24.0. The van der Waals surface area contributed by atoms with E-state index < -0.39 is 6.10 Å². The highest BCUT2D eigenvalue weighted by atomic mass is 16.5. The quantitative estimate of drug-likeness (QED) is 0.622. The van der Waals surface area contributed by atoms with E-state index in [2.05, 4.69) is 31.7 Å². The van der Waals surface area contributed by atoms with Gasteiger partial charge in [0.2, 0.25) is 5.88 Å². The van der Waals surface area contributed by atoms with Crippen LogP contribution in [0.3, 0.4) is 0 Å². The van der Waals surface area contributed by atoms with Gasteiger partial charge in [0.1, 0.15) is 24.1 Å². The maximum Gasteiger partial charge on any atom is 0.259 e. The van der Waals surface area contributed by atoms with Crippen molar-refractivity contribution >= 4 is 5.91 Å². The molecule has 176 valence electrons. The zero-order valence-electron chi connectivity index (χ0n) is 19.5. The summed E-state index contributed by atoms with van der Waals surface area (Å²) in [6.07, 6.45) is 5.56. The molecule has 1 amide bonds. The Kier molecular flexibility index (Phi) is 8.33. The number of hydrogen-bond donors (Lipinski definition) is 2. The lowest BCUT2D eigenvalue weighted by atomic mass is 9.99. The first kappa shape index (κ1) is 24.6. The smallest absolute Gasteiger partial charge is 0.259 e. The number of pyridine rings is 1. The molecule has 1 aliphatic rings. The molecule has 2 aromatic heterocycles. The van der Waals surface area contributed by atoms with Gasteiger partial charge in [0.25, 0.3) is 5.91 Å². The second-order valence-electron chi connectivity index (χ2n) is 8.59. The lowest BCUT2D eigenvalue weighted by Gasteiger charge is -2.37. The molecule has 0 spiro atoms. The first-order valence-corrected chi connectivity index (χ1v) is 11.0. The maximum absolute atomic E-state index is 13.4. The first-order chi connectivity index (χ1) is 15.8. The third-order valence-corrected chi connectivity index (χ3v) is 5.50. The van der Waals surface area contributed by atoms with Crippen molar-refractivity contribution in [3.05, 3.63) is 47.7 Å². The summed E-state index contributed by atoms with van der Waals surface area (Å²) in [5.41, 5.74) is 1.79. The van der Waals surface area contributed by atoms with Crippen molar-refractivity contribution < 1.29 is 19.7 Å². The zero-order valence-corrected chi connectivity index (χ0v) is 19.5. The molecule has 0 aromatic carbocycles. The van der Waals surface area contributed by atoms with E-state index in [1.807, 2.05) is 20.9 Å². The molecule has 3 heterocycles. The predicted octanol–water partition coefficient (Wildman–Crippen LogP) is 0.956. The van der Waals surface area contributed by atoms with Gasteiger partial charge in [0, 0.05) is 55.3 Å². The Balaban J connectivity index is 1.91. The molecule has 2 aromatic rings. The Morgan fingerprint density at radius 2 is 2.03 bits per heavy atom. The standard InChI is InChI=1S/C24H31N5O4/c1-16-11-29(17(2)14-30)24(32)21-7-19(6-5-18(3)31)10-27-23(21)33-22(16)13-28(4)12-20-8-25-15-26-9-20/h7-10,15-18,22,30-31H,11-14H2,1-4H3/t16-,17+,18-,22-/m0/s1. The Morgan fingerprint density at radius 1 is 1.30 bits per heavy atom. The highest BCUT2D eigenvalue weighted by molar-refractivity contribution is 5.97. The number of fused-ring (bicyclic) bond motifs is 1. The molecule has 2 N–H and O–H groups in total. The average molecular weight is 454 g/mol. The molecule has 3 rings (SSSR count). The number of likely N-dealkylation sites (N-methyl/N-ethyl adjacent to an activating group) is 1. The Labute approximate surface area is 194 Å². The van der Waals surface area contributed by atoms with Crippen molar-refractivity contribution in [1.82, 2.24) is 24.8 Å². The van der Waals surface area contributed by atoms with Gasteiger partial charge in [0.15, 0.2) is 0 Å². The number of carbonyl (C=O) groups is 1. The fraction of sp³-hybridized carbons (Fsp3) is 0.500. The van der Waals surface area contributed by atoms with Crippen LogP contribution in [-0.4, -0.2) is 85.9 Å². The molecule has 9 nitrogen and oxygen atoms in total. The fourth-order valence-electron chi connectivity index (χ4n) is 3.67. The van der Waals surface area contributed by atoms with Crippen LogP contribution in [0.2, 0.25) is 0 Å². The number of aliphatic hydroxyl groups is 2. The number of hydrogen-bond acceptors (Lipinski definition) is 8. The molecule has 0 unspecified atom stereocenters. The maximum atomic E-state index is 13.4. The van der Waals surface area contributed by atoms with Crippen molar-refractivity contribution in [2.45, 2.75) is 45.6 Å². The second kappa shape index (κ2) is 11.2. The van der Waals surface area contributed by atoms with Gasteiger partial charge in [-0.25, -0.2) is 15.0 Å². The Morgan fingerprint density at radius 3 is 2.70 bits per heavy atom. The molecule has 9 heteroatoms. The second-order valence-corrected chi connectivity index (χ2v) is 8.59. The number of ether oxygens (including phenoxy) is 1. The normalized spacial score (nSPS) is 20.1. The van der Waals surface area contributed by atoms with Crippen LogP contribution in [0.25, 0.3) is 0 Å². The van der Waals surface area contributed by atoms with E-state index in [4.69, 9.17) is 4.74 Å². The van der Waals surface area contributed by atoms with E-state index in [0.29, 0.717) is 30.8 Å². The van der Waals surface area contributed by atoms with Gasteiger partial charge < -0.3 is 19.8 Å². The van der Waals surface area contributed by atoms with Crippen molar-refractivity contribution in [3.8, 4) is 17.7 Å². The summed E-state index contributed by atoms with van der Waals surface area (Å²) >= 11 is 0. The lowest BCUT2D eigenvalue weighted by molar-refractivity contribution is 0.0325. The molecule has 1 aliphatic heterocycles. The molecule has 0 aliphatic carbocycles. The van der Waals surface area contributed by atoms with E-state index in [9.17, 15) is 15.0 Å². The minimum absolute atomic E-state index is 0.0120. The number of carbonyl (C=O) groups excluding carboxylic acids is 1. The van der Waals surface area contributed by atoms with Crippen LogP contribution >= 0.6 is 0 Å². The Hall–Kier alpha value is -3.06. The van der Waals surface area contributed by atoms with E-state index in [1.165, 1.54) is 12.5 Å². The third-order valence-electron chi connectivity index (χ3n) is 5.50. The largest absolute Gasteiger partial charge is 0.472 e. The molecule has 4 atom stereocenters. The molecule has 0 saturated carbocycles. The van der Waals surface area contributed by atoms with E-state index in [-0.39, 0.29) is 36.5 Å². The van der Waals surface area contributed by atoms with E-state index >= 15 is 0 Å². The number of aliphatic hydroxyl groups excluding tert-OH is 2. The highest BCUT2D eigenvalue weighted by Crippen LogP contribution is 2.27. The summed E-state index contributed by atoms with van der Waals surface area (Å²) in [5, 5.41) is 19.2. The van der Waals surface area contributed by atoms with Crippen LogP contribution in [0, 0.1) is 17.8 Å². The fourth-order valence-corrected chi connectivity index (χ4v) is 3.67. The summed E-state index contributed by atoms with van der Waals surface area (Å²) in [7, 11) is 1.99. The highest BCUT2D eigenvalue weighted by Gasteiger charge is 2.34. The number of nitrogens with zero attached hydrogens (tertiary/aromatic N) is 5. The molecule has 33 heavy (non-hydrogen) atoms. The topological polar surface area (TPSA) is 112 Å². The summed E-state index contributed by atoms with van der Waals surface area (Å²) in [6.45, 7) is 6.93. The first-order valence-electron chi connectivity index (χ1n) is 11.0. The van der Waals surface area contributed by atoms with Crippen LogP contribution < -0.4 is 4.74 Å². The van der Waals surface area contributed by atoms with Gasteiger partial charge in [-0.3, -0.25) is 9.69 Å². The molecular weight excluding hydrogens is 422 g/mol. The van der Waals surface area contributed by atoms with Gasteiger partial charge in [-0.1, -0.05) is 18.8 Å². The van der Waals surface area contributed by atoms with Crippen LogP contribution in [0.4, 0.5) is 0 Å². The minimum Gasteiger partial charge on any atom is -0.472 e. The van der Waals surface area contributed by atoms with Crippen LogP contribution in [-0.2, 0) is 6.54 Å². The molecule has 0 fully saturated rings. The van der Waals surface area contributed by atoms with Crippen LogP contribution in [0.15, 0.2) is 31.0 Å². The average Bonchev–Trinajstić information content (AvgIpc) is 2.80. The summed E-state index contributed by atoms with van der Waals surface area (Å²) in [5.74, 6) is 5.46. The van der Waals surface area contributed by atoms with Gasteiger partial charge in [0.05, 0.1) is 12.6 Å². The van der Waals surface area contributed by atoms with Gasteiger partial charge in [-0.15, -0.1) is 0 Å². The van der Waals surface area contributed by atoms with Crippen molar-refractivity contribution in [2.75, 3.05) is 26.7 Å². The summed E-state index contributed by atoms with van der Waals surface area (Å²) < 4.78 is 6.28. The molecule has 0 bridgehead atoms. The molecular formula is C24H31N5O4. The van der Waals surface area contributed by atoms with Gasteiger partial charge in [-0.05, 0) is 27.0 Å². The number of rotatable bonds is 6. The van der Waals surface area contributed by atoms with Gasteiger partial charge >= 0.3 is 0 Å². The van der Waals surface area contributed by atoms with Crippen molar-refractivity contribution in [2.24, 2.45) is 5.92 Å². The lowest BCUT2D eigenvalue weighted by Crippen LogP contribution is -2.49. The molecule has 0 radical (unpaired) electrons. The summed E-state index contributed by atoms with van der Waals surface area (Å²) in [4.78, 5) is 29.7. The van der Waals surface area contributed by atoms with Crippen molar-refractivity contribution in [1.29, 1.82) is 0 Å².